The standard InChI is InChI=1S/C28H24O10/c1-15(29)35-23-13-19(7-9-21(23)31)27(33)37-25-11-17-5-3-4-6-18(17)12-26(25)38-28(34)20-8-10-22(32)24(14-20)36-16(2)30/h3-10,13-14,25-26,31-32H,11-12H2,1-2H3/t25-,26+. The third-order valence-corrected chi connectivity index (χ3v) is 5.79. The molecule has 0 bridgehead atoms. The highest BCUT2D eigenvalue weighted by Gasteiger charge is 2.35. The van der Waals surface area contributed by atoms with Gasteiger partial charge in [0.2, 0.25) is 0 Å². The van der Waals surface area contributed by atoms with Crippen LogP contribution in [0.25, 0.3) is 0 Å². The molecule has 10 heteroatoms. The molecule has 10 nitrogen and oxygen atoms in total. The van der Waals surface area contributed by atoms with Crippen LogP contribution in [0.15, 0.2) is 60.7 Å². The third kappa shape index (κ3) is 6.09. The van der Waals surface area contributed by atoms with Gasteiger partial charge in [0.05, 0.1) is 11.1 Å². The van der Waals surface area contributed by atoms with Crippen molar-refractivity contribution in [3.8, 4) is 23.0 Å². The summed E-state index contributed by atoms with van der Waals surface area (Å²) >= 11 is 0. The average molecular weight is 520 g/mol. The van der Waals surface area contributed by atoms with Gasteiger partial charge in [-0.25, -0.2) is 9.59 Å². The molecular weight excluding hydrogens is 496 g/mol. The zero-order chi connectivity index (χ0) is 27.4. The van der Waals surface area contributed by atoms with Gasteiger partial charge in [0.15, 0.2) is 23.0 Å². The van der Waals surface area contributed by atoms with Crippen LogP contribution in [0.2, 0.25) is 0 Å². The molecule has 0 unspecified atom stereocenters. The van der Waals surface area contributed by atoms with Crippen LogP contribution in [-0.2, 0) is 31.9 Å². The van der Waals surface area contributed by atoms with Crippen LogP contribution in [0.5, 0.6) is 23.0 Å². The van der Waals surface area contributed by atoms with Gasteiger partial charge in [-0.3, -0.25) is 9.59 Å². The highest BCUT2D eigenvalue weighted by atomic mass is 16.6. The molecule has 3 aromatic rings. The van der Waals surface area contributed by atoms with E-state index in [-0.39, 0.29) is 47.0 Å². The Morgan fingerprint density at radius 2 is 1.05 bits per heavy atom. The second-order valence-electron chi connectivity index (χ2n) is 8.62. The van der Waals surface area contributed by atoms with Crippen LogP contribution in [0.3, 0.4) is 0 Å². The quantitative estimate of drug-likeness (QED) is 0.366. The van der Waals surface area contributed by atoms with Crippen LogP contribution in [0.4, 0.5) is 0 Å². The van der Waals surface area contributed by atoms with Crippen molar-refractivity contribution >= 4 is 23.9 Å². The normalized spacial score (nSPS) is 16.1. The molecule has 0 heterocycles. The first-order valence-corrected chi connectivity index (χ1v) is 11.6. The minimum atomic E-state index is -0.864. The molecule has 0 saturated heterocycles. The second-order valence-corrected chi connectivity index (χ2v) is 8.62. The lowest BCUT2D eigenvalue weighted by molar-refractivity contribution is -0.132. The van der Waals surface area contributed by atoms with E-state index in [2.05, 4.69) is 0 Å². The van der Waals surface area contributed by atoms with Gasteiger partial charge in [0.25, 0.3) is 0 Å². The monoisotopic (exact) mass is 520 g/mol. The molecule has 1 aliphatic carbocycles. The summed E-state index contributed by atoms with van der Waals surface area (Å²) in [7, 11) is 0. The fourth-order valence-electron chi connectivity index (χ4n) is 4.05. The van der Waals surface area contributed by atoms with Crippen molar-refractivity contribution in [2.45, 2.75) is 38.9 Å². The van der Waals surface area contributed by atoms with Crippen LogP contribution >= 0.6 is 0 Å². The number of rotatable bonds is 6. The summed E-state index contributed by atoms with van der Waals surface area (Å²) in [6.07, 6.45) is -1.19. The summed E-state index contributed by atoms with van der Waals surface area (Å²) in [4.78, 5) is 48.6. The SMILES string of the molecule is CC(=O)Oc1cc(C(=O)O[C@H]2Cc3ccccc3C[C@H]2OC(=O)c2ccc(O)c(OC(C)=O)c2)ccc1O. The largest absolute Gasteiger partial charge is 0.504 e. The Kier molecular flexibility index (Phi) is 7.61. The van der Waals surface area contributed by atoms with Crippen LogP contribution < -0.4 is 9.47 Å². The number of fused-ring (bicyclic) bond motifs is 1. The van der Waals surface area contributed by atoms with Gasteiger partial charge in [0, 0.05) is 26.7 Å². The molecule has 196 valence electrons. The van der Waals surface area contributed by atoms with Gasteiger partial charge >= 0.3 is 23.9 Å². The first-order valence-electron chi connectivity index (χ1n) is 11.6. The summed E-state index contributed by atoms with van der Waals surface area (Å²) in [6.45, 7) is 2.32. The van der Waals surface area contributed by atoms with Crippen molar-refractivity contribution in [3.05, 3.63) is 82.9 Å². The molecule has 0 radical (unpaired) electrons. The lowest BCUT2D eigenvalue weighted by Gasteiger charge is -2.32. The van der Waals surface area contributed by atoms with Gasteiger partial charge < -0.3 is 29.2 Å². The molecule has 0 aliphatic heterocycles. The second kappa shape index (κ2) is 11.0. The maximum atomic E-state index is 13.0. The highest BCUT2D eigenvalue weighted by Crippen LogP contribution is 2.31. The Bertz CT molecular complexity index is 1300. The molecule has 0 aromatic heterocycles. The Labute approximate surface area is 217 Å². The zero-order valence-electron chi connectivity index (χ0n) is 20.5. The molecule has 38 heavy (non-hydrogen) atoms. The van der Waals surface area contributed by atoms with Gasteiger partial charge in [-0.15, -0.1) is 0 Å². The maximum Gasteiger partial charge on any atom is 0.338 e. The topological polar surface area (TPSA) is 146 Å². The number of hydrogen-bond acceptors (Lipinski definition) is 10. The Balaban J connectivity index is 1.57. The van der Waals surface area contributed by atoms with Crippen molar-refractivity contribution in [1.29, 1.82) is 0 Å². The van der Waals surface area contributed by atoms with E-state index < -0.39 is 36.1 Å². The van der Waals surface area contributed by atoms with E-state index in [4.69, 9.17) is 18.9 Å². The van der Waals surface area contributed by atoms with Crippen LogP contribution in [0, 0.1) is 0 Å². The smallest absolute Gasteiger partial charge is 0.338 e. The predicted octanol–water partition coefficient (Wildman–Crippen LogP) is 3.50. The first-order chi connectivity index (χ1) is 18.1. The van der Waals surface area contributed by atoms with Gasteiger partial charge in [0.1, 0.15) is 12.2 Å². The number of aromatic hydroxyl groups is 2. The summed E-state index contributed by atoms with van der Waals surface area (Å²) < 4.78 is 21.3. The van der Waals surface area contributed by atoms with Crippen molar-refractivity contribution in [1.82, 2.24) is 0 Å². The molecule has 3 aromatic carbocycles. The molecule has 0 amide bonds. The number of carbonyl (C=O) groups is 4. The van der Waals surface area contributed by atoms with E-state index in [0.29, 0.717) is 0 Å². The summed E-state index contributed by atoms with van der Waals surface area (Å²) in [5.74, 6) is -3.93. The fourth-order valence-corrected chi connectivity index (χ4v) is 4.05. The zero-order valence-corrected chi connectivity index (χ0v) is 20.5. The molecular formula is C28H24O10. The number of hydrogen-bond donors (Lipinski definition) is 2. The van der Waals surface area contributed by atoms with Gasteiger partial charge in [-0.05, 0) is 47.5 Å². The Morgan fingerprint density at radius 3 is 1.42 bits per heavy atom. The highest BCUT2D eigenvalue weighted by molar-refractivity contribution is 5.92. The Hall–Kier alpha value is -4.86. The minimum absolute atomic E-state index is 0.0209. The van der Waals surface area contributed by atoms with Gasteiger partial charge in [-0.1, -0.05) is 24.3 Å². The van der Waals surface area contributed by atoms with E-state index in [1.54, 1.807) is 0 Å². The van der Waals surface area contributed by atoms with Crippen molar-refractivity contribution in [2.75, 3.05) is 0 Å². The molecule has 0 saturated carbocycles. The fraction of sp³-hybridized carbons (Fsp3) is 0.214. The average Bonchev–Trinajstić information content (AvgIpc) is 2.86. The van der Waals surface area contributed by atoms with Crippen LogP contribution in [0.1, 0.15) is 45.7 Å². The van der Waals surface area contributed by atoms with E-state index in [0.717, 1.165) is 25.0 Å². The lowest BCUT2D eigenvalue weighted by atomic mass is 9.87. The summed E-state index contributed by atoms with van der Waals surface area (Å²) in [5, 5.41) is 19.8. The maximum absolute atomic E-state index is 13.0. The number of phenolic OH excluding ortho intramolecular Hbond substituents is 2. The minimum Gasteiger partial charge on any atom is -0.504 e. The summed E-state index contributed by atoms with van der Waals surface area (Å²) in [6, 6.07) is 14.9. The number of benzene rings is 3. The van der Waals surface area contributed by atoms with E-state index >= 15 is 0 Å². The number of carbonyl (C=O) groups excluding carboxylic acids is 4. The number of esters is 4. The van der Waals surface area contributed by atoms with Gasteiger partial charge in [-0.2, -0.15) is 0 Å². The third-order valence-electron chi connectivity index (χ3n) is 5.79. The van der Waals surface area contributed by atoms with E-state index in [1.807, 2.05) is 24.3 Å². The molecule has 0 fully saturated rings. The molecule has 2 atom stereocenters. The van der Waals surface area contributed by atoms with Crippen molar-refractivity contribution in [2.24, 2.45) is 0 Å². The molecule has 0 spiro atoms. The number of phenols is 2. The van der Waals surface area contributed by atoms with Crippen LogP contribution in [-0.4, -0.2) is 46.3 Å². The summed E-state index contributed by atoms with van der Waals surface area (Å²) in [5.41, 5.74) is 1.89. The number of ether oxygens (including phenoxy) is 4. The molecule has 1 aliphatic rings. The van der Waals surface area contributed by atoms with E-state index in [1.165, 1.54) is 36.4 Å². The van der Waals surface area contributed by atoms with Crippen molar-refractivity contribution in [3.63, 3.8) is 0 Å². The Morgan fingerprint density at radius 1 is 0.658 bits per heavy atom. The first kappa shape index (κ1) is 26.2. The molecule has 2 N–H and O–H groups in total. The predicted molar refractivity (Wildman–Crippen MR) is 131 cm³/mol. The molecule has 4 rings (SSSR count). The lowest BCUT2D eigenvalue weighted by Crippen LogP contribution is -2.41. The van der Waals surface area contributed by atoms with Crippen molar-refractivity contribution < 1.29 is 48.3 Å². The van der Waals surface area contributed by atoms with E-state index in [9.17, 15) is 29.4 Å².